The highest BCUT2D eigenvalue weighted by molar-refractivity contribution is 6.05. The first kappa shape index (κ1) is 28.3. The zero-order valence-electron chi connectivity index (χ0n) is 21.4. The second-order valence-corrected chi connectivity index (χ2v) is 9.47. The lowest BCUT2D eigenvalue weighted by Gasteiger charge is -2.18. The van der Waals surface area contributed by atoms with Gasteiger partial charge in [0.25, 0.3) is 0 Å². The van der Waals surface area contributed by atoms with Gasteiger partial charge in [-0.25, -0.2) is 8.78 Å². The maximum Gasteiger partial charge on any atom is 0.573 e. The van der Waals surface area contributed by atoms with Gasteiger partial charge < -0.3 is 10.1 Å². The molecule has 0 bridgehead atoms. The van der Waals surface area contributed by atoms with Gasteiger partial charge in [-0.3, -0.25) is 9.79 Å². The highest BCUT2D eigenvalue weighted by Crippen LogP contribution is 2.38. The molecule has 2 unspecified atom stereocenters. The smallest absolute Gasteiger partial charge is 0.406 e. The molecule has 0 aromatic heterocycles. The molecule has 0 radical (unpaired) electrons. The van der Waals surface area contributed by atoms with Crippen molar-refractivity contribution in [3.05, 3.63) is 89.5 Å². The molecule has 0 spiro atoms. The molecule has 39 heavy (non-hydrogen) atoms. The Morgan fingerprint density at radius 3 is 2.13 bits per heavy atom. The van der Waals surface area contributed by atoms with Crippen molar-refractivity contribution in [2.75, 3.05) is 6.54 Å². The Balaban J connectivity index is 1.56. The molecule has 4 rings (SSSR count). The summed E-state index contributed by atoms with van der Waals surface area (Å²) in [6.07, 6.45) is -0.691. The topological polar surface area (TPSA) is 50.7 Å². The molecule has 1 amide bonds. The number of rotatable bonds is 10. The van der Waals surface area contributed by atoms with Gasteiger partial charge in [-0.1, -0.05) is 68.7 Å². The SMILES string of the molecule is CCCCCCNC(=O)C1CC(c2c(F)cccc2F)=NC1c1ccc(-c2ccc(OC(F)(F)F)cc2)cc1. The van der Waals surface area contributed by atoms with Gasteiger partial charge in [0.05, 0.1) is 17.5 Å². The van der Waals surface area contributed by atoms with E-state index < -0.39 is 30.0 Å². The third-order valence-electron chi connectivity index (χ3n) is 6.68. The standard InChI is InChI=1S/C30H29F5N2O2/c1-2-3-4-5-17-36-29(38)23-18-26(27-24(31)7-6-8-25(27)32)37-28(23)21-11-9-19(10-12-21)20-13-15-22(16-14-20)39-30(33,34)35/h6-16,23,28H,2-5,17-18H2,1H3,(H,36,38). The van der Waals surface area contributed by atoms with E-state index >= 15 is 0 Å². The predicted molar refractivity (Wildman–Crippen MR) is 139 cm³/mol. The first-order valence-electron chi connectivity index (χ1n) is 12.9. The van der Waals surface area contributed by atoms with Crippen molar-refractivity contribution in [3.63, 3.8) is 0 Å². The quantitative estimate of drug-likeness (QED) is 0.209. The van der Waals surface area contributed by atoms with Gasteiger partial charge in [-0.2, -0.15) is 0 Å². The number of carbonyl (C=O) groups is 1. The summed E-state index contributed by atoms with van der Waals surface area (Å²) < 4.78 is 70.3. The van der Waals surface area contributed by atoms with E-state index in [2.05, 4.69) is 22.0 Å². The molecule has 0 saturated carbocycles. The summed E-state index contributed by atoms with van der Waals surface area (Å²) in [6, 6.07) is 15.5. The van der Waals surface area contributed by atoms with Crippen LogP contribution in [0.25, 0.3) is 11.1 Å². The molecule has 9 heteroatoms. The van der Waals surface area contributed by atoms with Crippen LogP contribution in [0.1, 0.15) is 56.2 Å². The van der Waals surface area contributed by atoms with Gasteiger partial charge in [-0.15, -0.1) is 13.2 Å². The molecule has 1 aliphatic rings. The lowest BCUT2D eigenvalue weighted by molar-refractivity contribution is -0.274. The van der Waals surface area contributed by atoms with Gasteiger partial charge in [0.2, 0.25) is 5.91 Å². The van der Waals surface area contributed by atoms with Gasteiger partial charge in [-0.05, 0) is 47.4 Å². The summed E-state index contributed by atoms with van der Waals surface area (Å²) in [6.45, 7) is 2.61. The number of halogens is 5. The fraction of sp³-hybridized carbons (Fsp3) is 0.333. The lowest BCUT2D eigenvalue weighted by Crippen LogP contribution is -2.33. The predicted octanol–water partition coefficient (Wildman–Crippen LogP) is 7.78. The van der Waals surface area contributed by atoms with E-state index in [-0.39, 0.29) is 29.4 Å². The van der Waals surface area contributed by atoms with Crippen LogP contribution >= 0.6 is 0 Å². The fourth-order valence-electron chi connectivity index (χ4n) is 4.73. The molecule has 1 heterocycles. The van der Waals surface area contributed by atoms with Gasteiger partial charge in [0.1, 0.15) is 17.4 Å². The second kappa shape index (κ2) is 12.4. The van der Waals surface area contributed by atoms with Crippen LogP contribution in [-0.2, 0) is 4.79 Å². The van der Waals surface area contributed by atoms with Crippen molar-refractivity contribution in [2.24, 2.45) is 10.9 Å². The molecule has 3 aromatic carbocycles. The van der Waals surface area contributed by atoms with Gasteiger partial charge in [0, 0.05) is 18.7 Å². The van der Waals surface area contributed by atoms with Crippen molar-refractivity contribution < 1.29 is 31.5 Å². The van der Waals surface area contributed by atoms with E-state index in [0.29, 0.717) is 17.7 Å². The van der Waals surface area contributed by atoms with E-state index in [1.807, 2.05) is 0 Å². The molecule has 0 saturated heterocycles. The minimum atomic E-state index is -4.77. The maximum atomic E-state index is 14.5. The third-order valence-corrected chi connectivity index (χ3v) is 6.68. The number of aliphatic imine (C=N–C) groups is 1. The van der Waals surface area contributed by atoms with Crippen molar-refractivity contribution in [1.29, 1.82) is 0 Å². The van der Waals surface area contributed by atoms with Crippen LogP contribution < -0.4 is 10.1 Å². The van der Waals surface area contributed by atoms with Crippen LogP contribution in [0.3, 0.4) is 0 Å². The number of benzene rings is 3. The average molecular weight is 545 g/mol. The van der Waals surface area contributed by atoms with Crippen LogP contribution in [-0.4, -0.2) is 24.5 Å². The first-order chi connectivity index (χ1) is 18.7. The van der Waals surface area contributed by atoms with Crippen molar-refractivity contribution in [3.8, 4) is 16.9 Å². The summed E-state index contributed by atoms with van der Waals surface area (Å²) in [4.78, 5) is 17.8. The zero-order valence-corrected chi connectivity index (χ0v) is 21.4. The van der Waals surface area contributed by atoms with E-state index in [1.165, 1.54) is 30.3 Å². The molecule has 4 nitrogen and oxygen atoms in total. The Morgan fingerprint density at radius 2 is 1.54 bits per heavy atom. The average Bonchev–Trinajstić information content (AvgIpc) is 3.33. The van der Waals surface area contributed by atoms with Crippen LogP contribution in [0.2, 0.25) is 0 Å². The number of nitrogens with one attached hydrogen (secondary N) is 1. The van der Waals surface area contributed by atoms with Crippen molar-refractivity contribution in [2.45, 2.75) is 51.4 Å². The largest absolute Gasteiger partial charge is 0.573 e. The number of nitrogens with zero attached hydrogens (tertiary/aromatic N) is 1. The van der Waals surface area contributed by atoms with Crippen LogP contribution in [0.4, 0.5) is 22.0 Å². The third kappa shape index (κ3) is 7.22. The number of carbonyl (C=O) groups excluding carboxylic acids is 1. The monoisotopic (exact) mass is 544 g/mol. The van der Waals surface area contributed by atoms with E-state index in [9.17, 15) is 26.7 Å². The molecular weight excluding hydrogens is 515 g/mol. The molecule has 3 aromatic rings. The number of hydrogen-bond donors (Lipinski definition) is 1. The number of hydrogen-bond acceptors (Lipinski definition) is 3. The first-order valence-corrected chi connectivity index (χ1v) is 12.9. The summed E-state index contributed by atoms with van der Waals surface area (Å²) in [5.74, 6) is -2.66. The van der Waals surface area contributed by atoms with Crippen molar-refractivity contribution in [1.82, 2.24) is 5.32 Å². The van der Waals surface area contributed by atoms with E-state index in [4.69, 9.17) is 0 Å². The zero-order chi connectivity index (χ0) is 28.0. The van der Waals surface area contributed by atoms with Crippen molar-refractivity contribution >= 4 is 11.6 Å². The Morgan fingerprint density at radius 1 is 0.923 bits per heavy atom. The number of unbranched alkanes of at least 4 members (excludes halogenated alkanes) is 3. The Bertz CT molecular complexity index is 1280. The van der Waals surface area contributed by atoms with Crippen LogP contribution in [0.15, 0.2) is 71.7 Å². The lowest BCUT2D eigenvalue weighted by atomic mass is 9.89. The normalized spacial score (nSPS) is 17.1. The summed E-state index contributed by atoms with van der Waals surface area (Å²) in [5.41, 5.74) is 2.07. The van der Waals surface area contributed by atoms with Gasteiger partial charge >= 0.3 is 6.36 Å². The highest BCUT2D eigenvalue weighted by atomic mass is 19.4. The second-order valence-electron chi connectivity index (χ2n) is 9.47. The minimum Gasteiger partial charge on any atom is -0.406 e. The Labute approximate surface area is 223 Å². The molecule has 206 valence electrons. The highest BCUT2D eigenvalue weighted by Gasteiger charge is 2.37. The van der Waals surface area contributed by atoms with Crippen LogP contribution in [0, 0.1) is 17.6 Å². The van der Waals surface area contributed by atoms with Crippen LogP contribution in [0.5, 0.6) is 5.75 Å². The van der Waals surface area contributed by atoms with E-state index in [0.717, 1.165) is 43.4 Å². The summed E-state index contributed by atoms with van der Waals surface area (Å²) in [5, 5.41) is 2.95. The molecular formula is C30H29F5N2O2. The maximum absolute atomic E-state index is 14.5. The Kier molecular flexibility index (Phi) is 8.99. The molecule has 2 atom stereocenters. The van der Waals surface area contributed by atoms with E-state index in [1.54, 1.807) is 24.3 Å². The molecule has 1 aliphatic heterocycles. The summed E-state index contributed by atoms with van der Waals surface area (Å²) in [7, 11) is 0. The Hall–Kier alpha value is -3.75. The summed E-state index contributed by atoms with van der Waals surface area (Å²) >= 11 is 0. The molecule has 0 aliphatic carbocycles. The number of amides is 1. The number of ether oxygens (including phenoxy) is 1. The number of alkyl halides is 3. The minimum absolute atomic E-state index is 0.0890. The molecule has 0 fully saturated rings. The van der Waals surface area contributed by atoms with Gasteiger partial charge in [0.15, 0.2) is 0 Å². The molecule has 1 N–H and O–H groups in total. The fourth-order valence-corrected chi connectivity index (χ4v) is 4.73.